The lowest BCUT2D eigenvalue weighted by Crippen LogP contribution is -2.15. The summed E-state index contributed by atoms with van der Waals surface area (Å²) in [5.74, 6) is 0. The molecule has 0 spiro atoms. The highest BCUT2D eigenvalue weighted by atomic mass is 79.9. The van der Waals surface area contributed by atoms with Crippen LogP contribution in [0.5, 0.6) is 0 Å². The summed E-state index contributed by atoms with van der Waals surface area (Å²) in [6.07, 6.45) is 5.04. The molecule has 1 aromatic carbocycles. The average Bonchev–Trinajstić information content (AvgIpc) is 3.54. The van der Waals surface area contributed by atoms with Gasteiger partial charge < -0.3 is 9.97 Å². The topological polar surface area (TPSA) is 57.4 Å². The Morgan fingerprint density at radius 3 is 2.42 bits per heavy atom. The Balaban J connectivity index is 1.75. The van der Waals surface area contributed by atoms with Gasteiger partial charge in [0.1, 0.15) is 0 Å². The summed E-state index contributed by atoms with van der Waals surface area (Å²) in [5, 5.41) is 0. The molecule has 2 N–H and O–H groups in total. The third-order valence-corrected chi connectivity index (χ3v) is 6.93. The molecule has 6 rings (SSSR count). The molecule has 5 heteroatoms. The number of nitrogens with zero attached hydrogens (tertiary/aromatic N) is 2. The molecule has 0 fully saturated rings. The molecule has 0 radical (unpaired) electrons. The number of nitrogens with one attached hydrogen (secondary N) is 2. The number of halogens is 1. The summed E-state index contributed by atoms with van der Waals surface area (Å²) in [7, 11) is 0. The molecule has 0 unspecified atom stereocenters. The van der Waals surface area contributed by atoms with E-state index in [4.69, 9.17) is 9.97 Å². The van der Waals surface area contributed by atoms with Crippen molar-refractivity contribution in [3.63, 3.8) is 0 Å². The Bertz CT molecular complexity index is 1570. The van der Waals surface area contributed by atoms with E-state index in [1.807, 2.05) is 6.07 Å². The van der Waals surface area contributed by atoms with Crippen LogP contribution in [0.15, 0.2) is 71.2 Å². The van der Waals surface area contributed by atoms with Crippen molar-refractivity contribution in [2.24, 2.45) is 0 Å². The first-order valence-corrected chi connectivity index (χ1v) is 11.9. The predicted octanol–water partition coefficient (Wildman–Crippen LogP) is 7.44. The van der Waals surface area contributed by atoms with Crippen molar-refractivity contribution < 1.29 is 0 Å². The second-order valence-electron chi connectivity index (χ2n) is 9.29. The number of H-pyrrole nitrogens is 2. The van der Waals surface area contributed by atoms with Gasteiger partial charge in [0, 0.05) is 44.1 Å². The Morgan fingerprint density at radius 1 is 0.818 bits per heavy atom. The Hall–Kier alpha value is -3.44. The summed E-state index contributed by atoms with van der Waals surface area (Å²) in [4.78, 5) is 17.2. The Labute approximate surface area is 200 Å². The van der Waals surface area contributed by atoms with Crippen molar-refractivity contribution in [3.05, 3.63) is 94.0 Å². The van der Waals surface area contributed by atoms with Crippen LogP contribution in [0.3, 0.4) is 0 Å². The van der Waals surface area contributed by atoms with Crippen molar-refractivity contribution in [2.45, 2.75) is 25.7 Å². The second kappa shape index (κ2) is 7.56. The molecular weight excluding hydrogens is 472 g/mol. The fourth-order valence-electron chi connectivity index (χ4n) is 4.59. The number of rotatable bonds is 1. The molecule has 0 saturated heterocycles. The van der Waals surface area contributed by atoms with Gasteiger partial charge in [0.2, 0.25) is 0 Å². The van der Waals surface area contributed by atoms with Crippen LogP contribution in [0.2, 0.25) is 0 Å². The number of benzene rings is 1. The smallest absolute Gasteiger partial charge is 0.0734 e. The number of aromatic amines is 2. The first-order chi connectivity index (χ1) is 15.9. The standard InChI is InChI=1S/C28H23BrN4/c1-28(2)16-25-27(17-6-4-3-5-7-17)23-11-10-18(31-23)12-21-13-22(29)24(32-21)14-19-8-9-20(30-19)15-26(28)33-25/h3-15,30,32H,16H2,1-2H3. The van der Waals surface area contributed by atoms with Crippen LogP contribution in [-0.4, -0.2) is 19.9 Å². The minimum absolute atomic E-state index is 0.0726. The maximum Gasteiger partial charge on any atom is 0.0734 e. The van der Waals surface area contributed by atoms with Gasteiger partial charge in [0.15, 0.2) is 0 Å². The summed E-state index contributed by atoms with van der Waals surface area (Å²) < 4.78 is 1.02. The maximum atomic E-state index is 5.17. The first-order valence-electron chi connectivity index (χ1n) is 11.1. The van der Waals surface area contributed by atoms with Crippen molar-refractivity contribution in [1.29, 1.82) is 0 Å². The van der Waals surface area contributed by atoms with Gasteiger partial charge in [-0.1, -0.05) is 44.2 Å². The van der Waals surface area contributed by atoms with Crippen LogP contribution >= 0.6 is 15.9 Å². The average molecular weight is 495 g/mol. The molecule has 0 aliphatic carbocycles. The van der Waals surface area contributed by atoms with Gasteiger partial charge in [-0.3, -0.25) is 4.98 Å². The predicted molar refractivity (Wildman–Crippen MR) is 140 cm³/mol. The van der Waals surface area contributed by atoms with Gasteiger partial charge in [-0.05, 0) is 70.0 Å². The molecule has 2 aliphatic rings. The number of fused-ring (bicyclic) bond motifs is 8. The summed E-state index contributed by atoms with van der Waals surface area (Å²) >= 11 is 3.68. The van der Waals surface area contributed by atoms with Crippen molar-refractivity contribution in [1.82, 2.24) is 19.9 Å². The van der Waals surface area contributed by atoms with Gasteiger partial charge in [-0.25, -0.2) is 4.98 Å². The van der Waals surface area contributed by atoms with Gasteiger partial charge in [0.05, 0.1) is 22.6 Å². The second-order valence-corrected chi connectivity index (χ2v) is 10.1. The lowest BCUT2D eigenvalue weighted by molar-refractivity contribution is 0.544. The van der Waals surface area contributed by atoms with E-state index in [0.717, 1.165) is 66.9 Å². The van der Waals surface area contributed by atoms with E-state index >= 15 is 0 Å². The minimum atomic E-state index is -0.0726. The quantitative estimate of drug-likeness (QED) is 0.254. The molecule has 3 aromatic heterocycles. The molecule has 162 valence electrons. The molecule has 0 amide bonds. The fourth-order valence-corrected chi connectivity index (χ4v) is 5.05. The SMILES string of the molecule is CC1(C)Cc2nc1cc1ccc(cc3[nH]c(cc4nc(c2-c2ccccc2)C=C4)cc3Br)[nH]1. The number of hydrogen-bond acceptors (Lipinski definition) is 2. The third-order valence-electron chi connectivity index (χ3n) is 6.27. The first kappa shape index (κ1) is 20.2. The van der Waals surface area contributed by atoms with Crippen LogP contribution in [0.25, 0.3) is 45.3 Å². The Kier molecular flexibility index (Phi) is 4.63. The van der Waals surface area contributed by atoms with Gasteiger partial charge in [-0.2, -0.15) is 0 Å². The molecular formula is C28H23BrN4. The largest absolute Gasteiger partial charge is 0.355 e. The third kappa shape index (κ3) is 3.72. The number of aromatic nitrogens is 4. The summed E-state index contributed by atoms with van der Waals surface area (Å²) in [5.41, 5.74) is 10.3. The highest BCUT2D eigenvalue weighted by Crippen LogP contribution is 2.37. The number of hydrogen-bond donors (Lipinski definition) is 2. The van der Waals surface area contributed by atoms with E-state index in [0.29, 0.717) is 0 Å². The molecule has 8 bridgehead atoms. The van der Waals surface area contributed by atoms with E-state index in [1.165, 1.54) is 0 Å². The zero-order valence-corrected chi connectivity index (χ0v) is 20.1. The molecule has 0 saturated carbocycles. The van der Waals surface area contributed by atoms with E-state index in [9.17, 15) is 0 Å². The Morgan fingerprint density at radius 2 is 1.61 bits per heavy atom. The zero-order valence-electron chi connectivity index (χ0n) is 18.5. The van der Waals surface area contributed by atoms with Crippen LogP contribution < -0.4 is 0 Å². The van der Waals surface area contributed by atoms with Crippen molar-refractivity contribution in [3.8, 4) is 11.1 Å². The molecule has 4 aromatic rings. The summed E-state index contributed by atoms with van der Waals surface area (Å²) in [6, 6.07) is 23.1. The maximum absolute atomic E-state index is 5.17. The molecule has 2 aliphatic heterocycles. The van der Waals surface area contributed by atoms with Gasteiger partial charge >= 0.3 is 0 Å². The lowest BCUT2D eigenvalue weighted by atomic mass is 9.85. The van der Waals surface area contributed by atoms with Crippen LogP contribution in [0, 0.1) is 0 Å². The zero-order chi connectivity index (χ0) is 22.6. The van der Waals surface area contributed by atoms with E-state index in [1.54, 1.807) is 0 Å². The normalized spacial score (nSPS) is 14.5. The molecule has 4 nitrogen and oxygen atoms in total. The molecule has 0 atom stereocenters. The molecule has 5 heterocycles. The highest BCUT2D eigenvalue weighted by molar-refractivity contribution is 9.10. The van der Waals surface area contributed by atoms with E-state index < -0.39 is 0 Å². The van der Waals surface area contributed by atoms with E-state index in [-0.39, 0.29) is 5.41 Å². The van der Waals surface area contributed by atoms with Crippen molar-refractivity contribution >= 4 is 50.1 Å². The molecule has 33 heavy (non-hydrogen) atoms. The highest BCUT2D eigenvalue weighted by Gasteiger charge is 2.31. The van der Waals surface area contributed by atoms with Crippen LogP contribution in [0.1, 0.15) is 36.6 Å². The van der Waals surface area contributed by atoms with Crippen LogP contribution in [-0.2, 0) is 11.8 Å². The minimum Gasteiger partial charge on any atom is -0.355 e. The van der Waals surface area contributed by atoms with Gasteiger partial charge in [0.25, 0.3) is 0 Å². The monoisotopic (exact) mass is 494 g/mol. The van der Waals surface area contributed by atoms with Crippen LogP contribution in [0.4, 0.5) is 0 Å². The lowest BCUT2D eigenvalue weighted by Gasteiger charge is -2.16. The summed E-state index contributed by atoms with van der Waals surface area (Å²) in [6.45, 7) is 4.52. The fraction of sp³-hybridized carbons (Fsp3) is 0.143. The van der Waals surface area contributed by atoms with E-state index in [2.05, 4.69) is 113 Å². The van der Waals surface area contributed by atoms with Crippen molar-refractivity contribution in [2.75, 3.05) is 0 Å². The van der Waals surface area contributed by atoms with Gasteiger partial charge in [-0.15, -0.1) is 0 Å².